The molecule has 0 N–H and O–H groups in total. The monoisotopic (exact) mass is 189 g/mol. The van der Waals surface area contributed by atoms with Crippen molar-refractivity contribution in [3.63, 3.8) is 0 Å². The number of hydrogen-bond acceptors (Lipinski definition) is 1. The molecule has 0 amide bonds. The van der Waals surface area contributed by atoms with Gasteiger partial charge in [0.1, 0.15) is 0 Å². The summed E-state index contributed by atoms with van der Waals surface area (Å²) in [6.45, 7) is 6.88. The van der Waals surface area contributed by atoms with Gasteiger partial charge in [0.2, 0.25) is 0 Å². The number of nitrogens with zero attached hydrogens (tertiary/aromatic N) is 1. The van der Waals surface area contributed by atoms with E-state index < -0.39 is 0 Å². The van der Waals surface area contributed by atoms with Gasteiger partial charge in [0.25, 0.3) is 0 Å². The van der Waals surface area contributed by atoms with Crippen LogP contribution in [0.5, 0.6) is 0 Å². The normalized spacial score (nSPS) is 15.4. The molecule has 1 heterocycles. The number of anilines is 1. The summed E-state index contributed by atoms with van der Waals surface area (Å²) in [6.07, 6.45) is 3.82. The summed E-state index contributed by atoms with van der Waals surface area (Å²) in [6, 6.07) is 6.87. The molecule has 14 heavy (non-hydrogen) atoms. The minimum absolute atomic E-state index is 1.20. The van der Waals surface area contributed by atoms with Crippen LogP contribution in [0.2, 0.25) is 0 Å². The molecule has 0 unspecified atom stereocenters. The van der Waals surface area contributed by atoms with Gasteiger partial charge in [-0.05, 0) is 43.4 Å². The molecule has 76 valence electrons. The van der Waals surface area contributed by atoms with Crippen LogP contribution in [0.4, 0.5) is 5.69 Å². The van der Waals surface area contributed by atoms with Crippen molar-refractivity contribution in [3.8, 4) is 0 Å². The van der Waals surface area contributed by atoms with Crippen molar-refractivity contribution in [2.45, 2.75) is 33.1 Å². The van der Waals surface area contributed by atoms with Crippen molar-refractivity contribution in [3.05, 3.63) is 29.3 Å². The van der Waals surface area contributed by atoms with Crippen LogP contribution in [0.1, 0.15) is 30.9 Å². The first kappa shape index (κ1) is 9.57. The topological polar surface area (TPSA) is 3.24 Å². The van der Waals surface area contributed by atoms with Crippen molar-refractivity contribution in [2.75, 3.05) is 18.0 Å². The summed E-state index contributed by atoms with van der Waals surface area (Å²) in [5, 5.41) is 0. The van der Waals surface area contributed by atoms with Crippen molar-refractivity contribution in [1.29, 1.82) is 0 Å². The number of fused-ring (bicyclic) bond motifs is 1. The molecule has 0 spiro atoms. The van der Waals surface area contributed by atoms with E-state index in [-0.39, 0.29) is 0 Å². The van der Waals surface area contributed by atoms with Crippen LogP contribution in [0.25, 0.3) is 0 Å². The minimum atomic E-state index is 1.20. The van der Waals surface area contributed by atoms with E-state index in [2.05, 4.69) is 36.9 Å². The molecule has 1 nitrogen and oxygen atoms in total. The fourth-order valence-electron chi connectivity index (χ4n) is 2.26. The molecule has 0 aliphatic carbocycles. The maximum absolute atomic E-state index is 2.53. The van der Waals surface area contributed by atoms with E-state index in [1.165, 1.54) is 49.2 Å². The van der Waals surface area contributed by atoms with Crippen LogP contribution in [0.3, 0.4) is 0 Å². The van der Waals surface area contributed by atoms with E-state index in [1.54, 1.807) is 0 Å². The van der Waals surface area contributed by atoms with Gasteiger partial charge in [-0.1, -0.05) is 19.1 Å². The summed E-state index contributed by atoms with van der Waals surface area (Å²) in [7, 11) is 0. The summed E-state index contributed by atoms with van der Waals surface area (Å²) in [4.78, 5) is 2.53. The molecule has 0 saturated heterocycles. The predicted molar refractivity (Wildman–Crippen MR) is 62.0 cm³/mol. The third-order valence-corrected chi connectivity index (χ3v) is 2.95. The Bertz CT molecular complexity index is 317. The van der Waals surface area contributed by atoms with E-state index >= 15 is 0 Å². The number of rotatable bonds is 2. The lowest BCUT2D eigenvalue weighted by molar-refractivity contribution is 0.681. The SMILES string of the molecule is CCCN1CCCc2ccc(C)cc21. The molecule has 1 aliphatic rings. The number of aryl methyl sites for hydroxylation is 2. The predicted octanol–water partition coefficient (Wildman–Crippen LogP) is 3.16. The smallest absolute Gasteiger partial charge is 0.0401 e. The van der Waals surface area contributed by atoms with Gasteiger partial charge in [-0.3, -0.25) is 0 Å². The van der Waals surface area contributed by atoms with Crippen LogP contribution in [0.15, 0.2) is 18.2 Å². The fraction of sp³-hybridized carbons (Fsp3) is 0.538. The standard InChI is InChI=1S/C13H19N/c1-3-8-14-9-4-5-12-7-6-11(2)10-13(12)14/h6-7,10H,3-5,8-9H2,1-2H3. The van der Waals surface area contributed by atoms with Crippen molar-refractivity contribution < 1.29 is 0 Å². The number of benzene rings is 1. The molecule has 2 rings (SSSR count). The highest BCUT2D eigenvalue weighted by Gasteiger charge is 2.15. The van der Waals surface area contributed by atoms with Crippen LogP contribution in [0, 0.1) is 6.92 Å². The van der Waals surface area contributed by atoms with Gasteiger partial charge in [0, 0.05) is 18.8 Å². The summed E-state index contributed by atoms with van der Waals surface area (Å²) >= 11 is 0. The van der Waals surface area contributed by atoms with Crippen LogP contribution in [-0.4, -0.2) is 13.1 Å². The van der Waals surface area contributed by atoms with E-state index in [1.807, 2.05) is 0 Å². The van der Waals surface area contributed by atoms with Crippen LogP contribution < -0.4 is 4.90 Å². The zero-order valence-electron chi connectivity index (χ0n) is 9.21. The molecule has 1 aromatic carbocycles. The zero-order chi connectivity index (χ0) is 9.97. The van der Waals surface area contributed by atoms with E-state index in [4.69, 9.17) is 0 Å². The second-order valence-electron chi connectivity index (χ2n) is 4.22. The Morgan fingerprint density at radius 1 is 1.36 bits per heavy atom. The maximum Gasteiger partial charge on any atom is 0.0401 e. The average Bonchev–Trinajstić information content (AvgIpc) is 2.19. The summed E-state index contributed by atoms with van der Waals surface area (Å²) in [5.74, 6) is 0. The Hall–Kier alpha value is -0.980. The summed E-state index contributed by atoms with van der Waals surface area (Å²) in [5.41, 5.74) is 4.40. The van der Waals surface area contributed by atoms with Crippen LogP contribution >= 0.6 is 0 Å². The molecular formula is C13H19N. The van der Waals surface area contributed by atoms with Gasteiger partial charge < -0.3 is 4.90 Å². The van der Waals surface area contributed by atoms with Crippen molar-refractivity contribution in [2.24, 2.45) is 0 Å². The van der Waals surface area contributed by atoms with E-state index in [0.29, 0.717) is 0 Å². The van der Waals surface area contributed by atoms with Gasteiger partial charge in [-0.15, -0.1) is 0 Å². The molecule has 0 fully saturated rings. The lowest BCUT2D eigenvalue weighted by Gasteiger charge is -2.31. The molecule has 1 aromatic rings. The second kappa shape index (κ2) is 4.04. The highest BCUT2D eigenvalue weighted by Crippen LogP contribution is 2.27. The van der Waals surface area contributed by atoms with E-state index in [0.717, 1.165) is 0 Å². The van der Waals surface area contributed by atoms with Gasteiger partial charge >= 0.3 is 0 Å². The molecule has 0 radical (unpaired) electrons. The Morgan fingerprint density at radius 2 is 2.21 bits per heavy atom. The largest absolute Gasteiger partial charge is 0.371 e. The van der Waals surface area contributed by atoms with Crippen molar-refractivity contribution >= 4 is 5.69 Å². The molecular weight excluding hydrogens is 170 g/mol. The Kier molecular flexibility index (Phi) is 2.76. The Morgan fingerprint density at radius 3 is 3.00 bits per heavy atom. The quantitative estimate of drug-likeness (QED) is 0.690. The molecule has 0 bridgehead atoms. The number of hydrogen-bond donors (Lipinski definition) is 0. The van der Waals surface area contributed by atoms with Crippen LogP contribution in [-0.2, 0) is 6.42 Å². The zero-order valence-corrected chi connectivity index (χ0v) is 9.21. The highest BCUT2D eigenvalue weighted by molar-refractivity contribution is 5.57. The van der Waals surface area contributed by atoms with Gasteiger partial charge in [0.05, 0.1) is 0 Å². The maximum atomic E-state index is 2.53. The van der Waals surface area contributed by atoms with Crippen molar-refractivity contribution in [1.82, 2.24) is 0 Å². The lowest BCUT2D eigenvalue weighted by Crippen LogP contribution is -2.29. The average molecular weight is 189 g/mol. The van der Waals surface area contributed by atoms with Gasteiger partial charge in [-0.2, -0.15) is 0 Å². The van der Waals surface area contributed by atoms with Gasteiger partial charge in [-0.25, -0.2) is 0 Å². The third-order valence-electron chi connectivity index (χ3n) is 2.95. The third kappa shape index (κ3) is 1.77. The Balaban J connectivity index is 2.32. The first-order valence-electron chi connectivity index (χ1n) is 5.65. The second-order valence-corrected chi connectivity index (χ2v) is 4.22. The lowest BCUT2D eigenvalue weighted by atomic mass is 10.00. The molecule has 1 heteroatoms. The molecule has 0 saturated carbocycles. The summed E-state index contributed by atoms with van der Waals surface area (Å²) < 4.78 is 0. The molecule has 1 aliphatic heterocycles. The Labute approximate surface area is 86.7 Å². The first-order chi connectivity index (χ1) is 6.81. The highest BCUT2D eigenvalue weighted by atomic mass is 15.1. The first-order valence-corrected chi connectivity index (χ1v) is 5.65. The van der Waals surface area contributed by atoms with Gasteiger partial charge in [0.15, 0.2) is 0 Å². The van der Waals surface area contributed by atoms with E-state index in [9.17, 15) is 0 Å². The molecule has 0 aromatic heterocycles. The molecule has 0 atom stereocenters. The minimum Gasteiger partial charge on any atom is -0.371 e. The fourth-order valence-corrected chi connectivity index (χ4v) is 2.26.